The predicted molar refractivity (Wildman–Crippen MR) is 96.4 cm³/mol. The van der Waals surface area contributed by atoms with Crippen LogP contribution in [0.1, 0.15) is 60.4 Å². The summed E-state index contributed by atoms with van der Waals surface area (Å²) >= 11 is 0. The van der Waals surface area contributed by atoms with Gasteiger partial charge in [-0.05, 0) is 62.0 Å². The number of hydrogen-bond acceptors (Lipinski definition) is 2. The second-order valence-electron chi connectivity index (χ2n) is 8.06. The lowest BCUT2D eigenvalue weighted by molar-refractivity contribution is -0.122. The molecule has 3 aliphatic carbocycles. The molecule has 1 amide bonds. The highest BCUT2D eigenvalue weighted by atomic mass is 16.1. The van der Waals surface area contributed by atoms with Crippen LogP contribution < -0.4 is 5.32 Å². The minimum atomic E-state index is -0.0177. The van der Waals surface area contributed by atoms with Gasteiger partial charge >= 0.3 is 0 Å². The molecule has 3 unspecified atom stereocenters. The van der Waals surface area contributed by atoms with E-state index in [1.165, 1.54) is 31.2 Å². The first-order chi connectivity index (χ1) is 12.3. The molecule has 3 atom stereocenters. The molecule has 1 spiro atoms. The van der Waals surface area contributed by atoms with Crippen molar-refractivity contribution in [2.45, 2.75) is 56.3 Å². The summed E-state index contributed by atoms with van der Waals surface area (Å²) in [4.78, 5) is 12.8. The van der Waals surface area contributed by atoms with E-state index in [-0.39, 0.29) is 11.8 Å². The average molecular weight is 335 g/mol. The molecule has 2 N–H and O–H groups in total. The molecule has 1 saturated carbocycles. The summed E-state index contributed by atoms with van der Waals surface area (Å²) in [5, 5.41) is 10.4. The Kier molecular flexibility index (Phi) is 3.47. The van der Waals surface area contributed by atoms with Crippen LogP contribution in [-0.2, 0) is 23.1 Å². The van der Waals surface area contributed by atoms with Gasteiger partial charge in [-0.3, -0.25) is 9.89 Å². The van der Waals surface area contributed by atoms with Crippen LogP contribution in [0.25, 0.3) is 0 Å². The van der Waals surface area contributed by atoms with Gasteiger partial charge in [0.1, 0.15) is 0 Å². The number of benzene rings is 1. The van der Waals surface area contributed by atoms with E-state index in [1.807, 2.05) is 6.20 Å². The number of rotatable bonds is 3. The van der Waals surface area contributed by atoms with E-state index in [4.69, 9.17) is 0 Å². The van der Waals surface area contributed by atoms with Crippen LogP contribution in [-0.4, -0.2) is 22.6 Å². The molecule has 25 heavy (non-hydrogen) atoms. The van der Waals surface area contributed by atoms with Crippen LogP contribution in [0.5, 0.6) is 0 Å². The fraction of sp³-hybridized carbons (Fsp3) is 0.524. The minimum Gasteiger partial charge on any atom is -0.355 e. The summed E-state index contributed by atoms with van der Waals surface area (Å²) in [6, 6.07) is 8.92. The molecule has 0 radical (unpaired) electrons. The van der Waals surface area contributed by atoms with E-state index in [0.29, 0.717) is 11.3 Å². The lowest BCUT2D eigenvalue weighted by Gasteiger charge is -2.27. The molecule has 4 nitrogen and oxygen atoms in total. The Balaban J connectivity index is 1.27. The largest absolute Gasteiger partial charge is 0.355 e. The van der Waals surface area contributed by atoms with E-state index < -0.39 is 0 Å². The SMILES string of the molecule is O=C(NCC1CC12CCCc1ccccc12)C1CCCc2[nH]ncc21. The zero-order valence-electron chi connectivity index (χ0n) is 14.6. The van der Waals surface area contributed by atoms with Crippen molar-refractivity contribution >= 4 is 5.91 Å². The summed E-state index contributed by atoms with van der Waals surface area (Å²) in [6.07, 6.45) is 9.86. The Hall–Kier alpha value is -2.10. The number of aryl methyl sites for hydroxylation is 2. The quantitative estimate of drug-likeness (QED) is 0.905. The molecule has 3 aliphatic rings. The molecule has 4 heteroatoms. The minimum absolute atomic E-state index is 0.0177. The van der Waals surface area contributed by atoms with Gasteiger partial charge < -0.3 is 5.32 Å². The molecular weight excluding hydrogens is 310 g/mol. The highest BCUT2D eigenvalue weighted by Gasteiger charge is 2.56. The third-order valence-corrected chi connectivity index (χ3v) is 6.74. The molecular formula is C21H25N3O. The lowest BCUT2D eigenvalue weighted by atomic mass is 9.78. The van der Waals surface area contributed by atoms with Gasteiger partial charge in [-0.1, -0.05) is 24.3 Å². The Labute approximate surface area is 148 Å². The molecule has 2 aromatic rings. The summed E-state index contributed by atoms with van der Waals surface area (Å²) < 4.78 is 0. The van der Waals surface area contributed by atoms with Gasteiger partial charge in [0.05, 0.1) is 12.1 Å². The standard InChI is InChI=1S/C21H25N3O/c25-20(16-7-3-9-19-17(16)13-23-24-19)22-12-15-11-21(15)10-4-6-14-5-1-2-8-18(14)21/h1-2,5,8,13,15-16H,3-4,6-7,9-12H2,(H,22,25)(H,23,24). The van der Waals surface area contributed by atoms with Gasteiger partial charge in [0.15, 0.2) is 0 Å². The van der Waals surface area contributed by atoms with Crippen molar-refractivity contribution in [2.24, 2.45) is 5.92 Å². The lowest BCUT2D eigenvalue weighted by Crippen LogP contribution is -2.34. The van der Waals surface area contributed by atoms with Crippen molar-refractivity contribution in [3.63, 3.8) is 0 Å². The van der Waals surface area contributed by atoms with Crippen LogP contribution >= 0.6 is 0 Å². The van der Waals surface area contributed by atoms with Gasteiger partial charge in [0.2, 0.25) is 5.91 Å². The molecule has 1 aromatic heterocycles. The first-order valence-electron chi connectivity index (χ1n) is 9.66. The van der Waals surface area contributed by atoms with Crippen LogP contribution in [0.2, 0.25) is 0 Å². The topological polar surface area (TPSA) is 57.8 Å². The van der Waals surface area contributed by atoms with Crippen molar-refractivity contribution in [3.8, 4) is 0 Å². The van der Waals surface area contributed by atoms with E-state index >= 15 is 0 Å². The fourth-order valence-corrected chi connectivity index (χ4v) is 5.32. The van der Waals surface area contributed by atoms with Crippen molar-refractivity contribution in [2.75, 3.05) is 6.54 Å². The van der Waals surface area contributed by atoms with E-state index in [9.17, 15) is 4.79 Å². The van der Waals surface area contributed by atoms with E-state index in [1.54, 1.807) is 5.56 Å². The van der Waals surface area contributed by atoms with E-state index in [0.717, 1.165) is 37.1 Å². The highest BCUT2D eigenvalue weighted by molar-refractivity contribution is 5.84. The fourth-order valence-electron chi connectivity index (χ4n) is 5.32. The molecule has 1 aromatic carbocycles. The first-order valence-corrected chi connectivity index (χ1v) is 9.66. The van der Waals surface area contributed by atoms with Crippen LogP contribution in [0.15, 0.2) is 30.5 Å². The van der Waals surface area contributed by atoms with Gasteiger partial charge in [-0.2, -0.15) is 5.10 Å². The maximum Gasteiger partial charge on any atom is 0.227 e. The van der Waals surface area contributed by atoms with Crippen molar-refractivity contribution in [3.05, 3.63) is 52.8 Å². The zero-order valence-corrected chi connectivity index (χ0v) is 14.6. The Bertz CT molecular complexity index is 811. The van der Waals surface area contributed by atoms with Gasteiger partial charge in [-0.25, -0.2) is 0 Å². The normalized spacial score (nSPS) is 29.8. The number of H-pyrrole nitrogens is 1. The Morgan fingerprint density at radius 1 is 1.28 bits per heavy atom. The number of aromatic nitrogens is 2. The monoisotopic (exact) mass is 335 g/mol. The number of aromatic amines is 1. The number of amides is 1. The number of carbonyl (C=O) groups is 1. The maximum atomic E-state index is 12.8. The summed E-state index contributed by atoms with van der Waals surface area (Å²) in [7, 11) is 0. The number of carbonyl (C=O) groups excluding carboxylic acids is 1. The van der Waals surface area contributed by atoms with Gasteiger partial charge in [0.25, 0.3) is 0 Å². The smallest absolute Gasteiger partial charge is 0.227 e. The third kappa shape index (κ3) is 2.42. The van der Waals surface area contributed by atoms with Crippen LogP contribution in [0, 0.1) is 5.92 Å². The van der Waals surface area contributed by atoms with Crippen molar-refractivity contribution in [1.29, 1.82) is 0 Å². The summed E-state index contributed by atoms with van der Waals surface area (Å²) in [5.41, 5.74) is 5.68. The second-order valence-corrected chi connectivity index (χ2v) is 8.06. The van der Waals surface area contributed by atoms with E-state index in [2.05, 4.69) is 39.8 Å². The van der Waals surface area contributed by atoms with Crippen LogP contribution in [0.4, 0.5) is 0 Å². The van der Waals surface area contributed by atoms with Gasteiger partial charge in [-0.15, -0.1) is 0 Å². The molecule has 0 saturated heterocycles. The summed E-state index contributed by atoms with van der Waals surface area (Å²) in [6.45, 7) is 0.816. The Morgan fingerprint density at radius 3 is 3.16 bits per heavy atom. The molecule has 0 aliphatic heterocycles. The number of fused-ring (bicyclic) bond motifs is 3. The average Bonchev–Trinajstić information content (AvgIpc) is 3.11. The molecule has 0 bridgehead atoms. The molecule has 1 fully saturated rings. The third-order valence-electron chi connectivity index (χ3n) is 6.74. The number of nitrogens with zero attached hydrogens (tertiary/aromatic N) is 1. The van der Waals surface area contributed by atoms with Crippen molar-refractivity contribution < 1.29 is 4.79 Å². The van der Waals surface area contributed by atoms with Crippen molar-refractivity contribution in [1.82, 2.24) is 15.5 Å². The number of nitrogens with one attached hydrogen (secondary N) is 2. The Morgan fingerprint density at radius 2 is 2.20 bits per heavy atom. The number of hydrogen-bond donors (Lipinski definition) is 2. The summed E-state index contributed by atoms with van der Waals surface area (Å²) in [5.74, 6) is 0.773. The first kappa shape index (κ1) is 15.2. The highest BCUT2D eigenvalue weighted by Crippen LogP contribution is 2.59. The predicted octanol–water partition coefficient (Wildman–Crippen LogP) is 3.24. The second kappa shape index (κ2) is 5.72. The van der Waals surface area contributed by atoms with Gasteiger partial charge in [0, 0.05) is 23.2 Å². The molecule has 1 heterocycles. The molecule has 5 rings (SSSR count). The maximum absolute atomic E-state index is 12.8. The van der Waals surface area contributed by atoms with Crippen LogP contribution in [0.3, 0.4) is 0 Å². The molecule has 130 valence electrons. The zero-order chi connectivity index (χ0) is 16.9.